The van der Waals surface area contributed by atoms with Crippen LogP contribution in [0.3, 0.4) is 0 Å². The van der Waals surface area contributed by atoms with Crippen LogP contribution in [-0.2, 0) is 0 Å². The molecule has 2 nitrogen and oxygen atoms in total. The Morgan fingerprint density at radius 3 is 1.43 bits per heavy atom. The number of anilines is 3. The fourth-order valence-corrected chi connectivity index (χ4v) is 8.49. The number of fused-ring (bicyclic) bond motifs is 6. The first kappa shape index (κ1) is 33.6. The van der Waals surface area contributed by atoms with Gasteiger partial charge in [0, 0.05) is 33.4 Å². The van der Waals surface area contributed by atoms with E-state index in [-0.39, 0.29) is 0 Å². The number of para-hydroxylation sites is 1. The van der Waals surface area contributed by atoms with Crippen LogP contribution >= 0.6 is 0 Å². The number of hydrogen-bond donors (Lipinski definition) is 0. The van der Waals surface area contributed by atoms with Gasteiger partial charge in [-0.1, -0.05) is 176 Å². The molecule has 0 N–H and O–H groups in total. The molecule has 1 heterocycles. The van der Waals surface area contributed by atoms with Crippen molar-refractivity contribution in [2.45, 2.75) is 0 Å². The Morgan fingerprint density at radius 2 is 0.759 bits per heavy atom. The van der Waals surface area contributed by atoms with Crippen LogP contribution in [0.25, 0.3) is 88.0 Å². The van der Waals surface area contributed by atoms with Gasteiger partial charge in [-0.3, -0.25) is 0 Å². The Bertz CT molecular complexity index is 3240. The van der Waals surface area contributed by atoms with E-state index in [1.165, 1.54) is 43.8 Å². The molecule has 0 radical (unpaired) electrons. The molecule has 0 unspecified atom stereocenters. The summed E-state index contributed by atoms with van der Waals surface area (Å²) in [7, 11) is 0. The van der Waals surface area contributed by atoms with Crippen LogP contribution in [0.4, 0.5) is 17.1 Å². The van der Waals surface area contributed by atoms with E-state index in [0.29, 0.717) is 0 Å². The highest BCUT2D eigenvalue weighted by Gasteiger charge is 2.17. The van der Waals surface area contributed by atoms with Crippen molar-refractivity contribution in [3.05, 3.63) is 224 Å². The van der Waals surface area contributed by atoms with Gasteiger partial charge in [-0.05, 0) is 109 Å². The van der Waals surface area contributed by atoms with Crippen molar-refractivity contribution in [3.8, 4) is 44.5 Å². The van der Waals surface area contributed by atoms with Crippen molar-refractivity contribution in [1.29, 1.82) is 0 Å². The van der Waals surface area contributed by atoms with Crippen molar-refractivity contribution < 1.29 is 4.42 Å². The molecule has 0 fully saturated rings. The minimum Gasteiger partial charge on any atom is -0.455 e. The molecule has 0 aliphatic carbocycles. The van der Waals surface area contributed by atoms with E-state index in [9.17, 15) is 0 Å². The lowest BCUT2D eigenvalue weighted by Gasteiger charge is -2.26. The molecule has 0 aliphatic rings. The number of rotatable bonds is 7. The number of hydrogen-bond acceptors (Lipinski definition) is 2. The standard InChI is InChI=1S/C56H37NO/c1-3-10-38(11-4-1)39-18-20-40(21-19-39)41-24-30-47(31-25-41)57(49-34-28-45-23-22-44-14-7-8-15-50(44)53(45)37-49)48-32-26-42(27-33-48)46-29-35-55-54(36-46)52-17-9-16-51(56(52)58-55)43-12-5-2-6-13-43/h1-37H. The molecule has 58 heavy (non-hydrogen) atoms. The average molecular weight is 740 g/mol. The van der Waals surface area contributed by atoms with Crippen molar-refractivity contribution in [2.24, 2.45) is 0 Å². The van der Waals surface area contributed by atoms with Gasteiger partial charge >= 0.3 is 0 Å². The first-order valence-corrected chi connectivity index (χ1v) is 19.8. The van der Waals surface area contributed by atoms with Crippen LogP contribution in [0.5, 0.6) is 0 Å². The van der Waals surface area contributed by atoms with Gasteiger partial charge < -0.3 is 9.32 Å². The van der Waals surface area contributed by atoms with E-state index in [2.05, 4.69) is 223 Å². The van der Waals surface area contributed by atoms with Gasteiger partial charge in [0.1, 0.15) is 11.2 Å². The molecule has 0 saturated heterocycles. The third-order valence-electron chi connectivity index (χ3n) is 11.5. The minimum absolute atomic E-state index is 0.893. The first-order valence-electron chi connectivity index (χ1n) is 19.8. The zero-order valence-corrected chi connectivity index (χ0v) is 31.7. The third kappa shape index (κ3) is 6.00. The molecule has 10 aromatic carbocycles. The van der Waals surface area contributed by atoms with Crippen LogP contribution in [0, 0.1) is 0 Å². The maximum Gasteiger partial charge on any atom is 0.143 e. The predicted molar refractivity (Wildman–Crippen MR) is 245 cm³/mol. The number of furan rings is 1. The Balaban J connectivity index is 0.975. The molecule has 0 bridgehead atoms. The SMILES string of the molecule is c1ccc(-c2ccc(-c3ccc(N(c4ccc(-c5ccc6oc7c(-c8ccccc8)cccc7c6c5)cc4)c4ccc5ccc6ccccc6c5c4)cc3)cc2)cc1. The summed E-state index contributed by atoms with van der Waals surface area (Å²) in [5.41, 5.74) is 14.5. The Morgan fingerprint density at radius 1 is 0.276 bits per heavy atom. The Labute approximate surface area is 337 Å². The van der Waals surface area contributed by atoms with Gasteiger partial charge in [-0.25, -0.2) is 0 Å². The zero-order valence-electron chi connectivity index (χ0n) is 31.7. The van der Waals surface area contributed by atoms with Crippen molar-refractivity contribution >= 4 is 60.5 Å². The summed E-state index contributed by atoms with van der Waals surface area (Å²) in [6.45, 7) is 0. The van der Waals surface area contributed by atoms with E-state index in [4.69, 9.17) is 4.42 Å². The monoisotopic (exact) mass is 739 g/mol. The molecule has 11 rings (SSSR count). The van der Waals surface area contributed by atoms with E-state index < -0.39 is 0 Å². The maximum absolute atomic E-state index is 6.49. The smallest absolute Gasteiger partial charge is 0.143 e. The van der Waals surface area contributed by atoms with Gasteiger partial charge in [0.05, 0.1) is 0 Å². The van der Waals surface area contributed by atoms with Gasteiger partial charge in [0.2, 0.25) is 0 Å². The summed E-state index contributed by atoms with van der Waals surface area (Å²) < 4.78 is 6.49. The zero-order chi connectivity index (χ0) is 38.4. The normalized spacial score (nSPS) is 11.4. The lowest BCUT2D eigenvalue weighted by atomic mass is 9.99. The molecule has 0 saturated carbocycles. The minimum atomic E-state index is 0.893. The van der Waals surface area contributed by atoms with Crippen LogP contribution < -0.4 is 4.90 Å². The molecule has 0 amide bonds. The lowest BCUT2D eigenvalue weighted by Crippen LogP contribution is -2.09. The molecule has 0 atom stereocenters. The van der Waals surface area contributed by atoms with E-state index in [0.717, 1.165) is 61.3 Å². The lowest BCUT2D eigenvalue weighted by molar-refractivity contribution is 0.670. The largest absolute Gasteiger partial charge is 0.455 e. The van der Waals surface area contributed by atoms with Crippen LogP contribution in [0.15, 0.2) is 229 Å². The van der Waals surface area contributed by atoms with Gasteiger partial charge in [0.15, 0.2) is 0 Å². The van der Waals surface area contributed by atoms with Crippen LogP contribution in [0.1, 0.15) is 0 Å². The predicted octanol–water partition coefficient (Wildman–Crippen LogP) is 16.0. The van der Waals surface area contributed by atoms with Crippen LogP contribution in [0.2, 0.25) is 0 Å². The third-order valence-corrected chi connectivity index (χ3v) is 11.5. The van der Waals surface area contributed by atoms with E-state index >= 15 is 0 Å². The molecule has 0 spiro atoms. The Kier molecular flexibility index (Phi) is 8.19. The molecule has 2 heteroatoms. The Hall–Kier alpha value is -7.68. The van der Waals surface area contributed by atoms with Crippen LogP contribution in [-0.4, -0.2) is 0 Å². The molecular formula is C56H37NO. The molecule has 0 aliphatic heterocycles. The summed E-state index contributed by atoms with van der Waals surface area (Å²) >= 11 is 0. The number of nitrogens with zero attached hydrogens (tertiary/aromatic N) is 1. The quantitative estimate of drug-likeness (QED) is 0.151. The van der Waals surface area contributed by atoms with E-state index in [1.807, 2.05) is 6.07 Å². The second kappa shape index (κ2) is 14.1. The van der Waals surface area contributed by atoms with Crippen molar-refractivity contribution in [1.82, 2.24) is 0 Å². The first-order chi connectivity index (χ1) is 28.7. The highest BCUT2D eigenvalue weighted by Crippen LogP contribution is 2.41. The fraction of sp³-hybridized carbons (Fsp3) is 0. The fourth-order valence-electron chi connectivity index (χ4n) is 8.49. The van der Waals surface area contributed by atoms with Gasteiger partial charge in [0.25, 0.3) is 0 Å². The van der Waals surface area contributed by atoms with Crippen molar-refractivity contribution in [3.63, 3.8) is 0 Å². The maximum atomic E-state index is 6.49. The number of benzene rings is 10. The highest BCUT2D eigenvalue weighted by molar-refractivity contribution is 6.11. The second-order valence-corrected chi connectivity index (χ2v) is 14.9. The van der Waals surface area contributed by atoms with Gasteiger partial charge in [-0.2, -0.15) is 0 Å². The topological polar surface area (TPSA) is 16.4 Å². The molecular weight excluding hydrogens is 703 g/mol. The van der Waals surface area contributed by atoms with E-state index in [1.54, 1.807) is 0 Å². The highest BCUT2D eigenvalue weighted by atomic mass is 16.3. The summed E-state index contributed by atoms with van der Waals surface area (Å²) in [6, 6.07) is 80.6. The van der Waals surface area contributed by atoms with Gasteiger partial charge in [-0.15, -0.1) is 0 Å². The average Bonchev–Trinajstić information content (AvgIpc) is 3.68. The molecule has 272 valence electrons. The summed E-state index contributed by atoms with van der Waals surface area (Å²) in [4.78, 5) is 2.37. The molecule has 11 aromatic rings. The second-order valence-electron chi connectivity index (χ2n) is 14.9. The molecule has 1 aromatic heterocycles. The summed E-state index contributed by atoms with van der Waals surface area (Å²) in [5, 5.41) is 7.21. The summed E-state index contributed by atoms with van der Waals surface area (Å²) in [6.07, 6.45) is 0. The summed E-state index contributed by atoms with van der Waals surface area (Å²) in [5.74, 6) is 0. The van der Waals surface area contributed by atoms with Crippen molar-refractivity contribution in [2.75, 3.05) is 4.90 Å².